The van der Waals surface area contributed by atoms with Crippen LogP contribution in [0.5, 0.6) is 0 Å². The van der Waals surface area contributed by atoms with Crippen molar-refractivity contribution in [2.75, 3.05) is 6.61 Å². The molecule has 1 heterocycles. The predicted octanol–water partition coefficient (Wildman–Crippen LogP) is 1.09. The monoisotopic (exact) mass is 170 g/mol. The third-order valence-electron chi connectivity index (χ3n) is 2.01. The molecule has 0 aliphatic carbocycles. The second kappa shape index (κ2) is 2.35. The van der Waals surface area contributed by atoms with Crippen molar-refractivity contribution in [2.45, 2.75) is 31.2 Å². The smallest absolute Gasteiger partial charge is 0.378 e. The van der Waals surface area contributed by atoms with E-state index in [4.69, 9.17) is 5.11 Å². The zero-order valence-corrected chi connectivity index (χ0v) is 5.98. The Morgan fingerprint density at radius 2 is 2.09 bits per heavy atom. The fourth-order valence-corrected chi connectivity index (χ4v) is 1.10. The molecule has 2 unspecified atom stereocenters. The molecule has 1 N–H and O–H groups in total. The quantitative estimate of drug-likeness (QED) is 0.589. The summed E-state index contributed by atoms with van der Waals surface area (Å²) >= 11 is 0. The average Bonchev–Trinajstić information content (AvgIpc) is 2.12. The van der Waals surface area contributed by atoms with Crippen LogP contribution in [0, 0.1) is 0 Å². The van der Waals surface area contributed by atoms with E-state index in [1.165, 1.54) is 6.92 Å². The van der Waals surface area contributed by atoms with Gasteiger partial charge in [-0.15, -0.1) is 0 Å². The molecule has 11 heavy (non-hydrogen) atoms. The van der Waals surface area contributed by atoms with Crippen molar-refractivity contribution in [1.29, 1.82) is 0 Å². The number of ether oxygens (including phenoxy) is 1. The third kappa shape index (κ3) is 1.22. The summed E-state index contributed by atoms with van der Waals surface area (Å²) in [7, 11) is 0. The van der Waals surface area contributed by atoms with Crippen molar-refractivity contribution >= 4 is 0 Å². The minimum atomic E-state index is -4.58. The van der Waals surface area contributed by atoms with Crippen molar-refractivity contribution in [3.8, 4) is 0 Å². The molecule has 0 aromatic heterocycles. The molecule has 66 valence electrons. The van der Waals surface area contributed by atoms with Crippen molar-refractivity contribution in [3.63, 3.8) is 0 Å². The van der Waals surface area contributed by atoms with Crippen LogP contribution in [0.25, 0.3) is 0 Å². The summed E-state index contributed by atoms with van der Waals surface area (Å²) in [6.45, 7) is 1.19. The first-order valence-electron chi connectivity index (χ1n) is 3.28. The molecule has 1 rings (SSSR count). The van der Waals surface area contributed by atoms with Crippen LogP contribution in [-0.4, -0.2) is 29.6 Å². The maximum atomic E-state index is 12.1. The van der Waals surface area contributed by atoms with Gasteiger partial charge in [0, 0.05) is 6.42 Å². The molecule has 1 aliphatic heterocycles. The summed E-state index contributed by atoms with van der Waals surface area (Å²) in [5, 5.41) is 9.05. The number of hydrogen-bond acceptors (Lipinski definition) is 2. The molecule has 1 fully saturated rings. The Kier molecular flexibility index (Phi) is 1.88. The van der Waals surface area contributed by atoms with Crippen molar-refractivity contribution in [2.24, 2.45) is 0 Å². The van der Waals surface area contributed by atoms with Gasteiger partial charge in [-0.2, -0.15) is 13.2 Å². The van der Waals surface area contributed by atoms with Crippen LogP contribution < -0.4 is 0 Å². The molecule has 2 atom stereocenters. The Balaban J connectivity index is 2.81. The van der Waals surface area contributed by atoms with Crippen LogP contribution in [0.3, 0.4) is 0 Å². The first kappa shape index (κ1) is 8.80. The van der Waals surface area contributed by atoms with E-state index in [1.807, 2.05) is 0 Å². The highest BCUT2D eigenvalue weighted by molar-refractivity contribution is 4.95. The van der Waals surface area contributed by atoms with Gasteiger partial charge in [-0.3, -0.25) is 0 Å². The summed E-state index contributed by atoms with van der Waals surface area (Å²) in [6.07, 6.45) is -6.09. The molecule has 2 nitrogen and oxygen atoms in total. The lowest BCUT2D eigenvalue weighted by molar-refractivity contribution is -0.271. The normalized spacial score (nSPS) is 39.5. The Labute approximate surface area is 62.0 Å². The summed E-state index contributed by atoms with van der Waals surface area (Å²) in [5.74, 6) is 0. The molecular formula is C6H9F3O2. The van der Waals surface area contributed by atoms with Crippen LogP contribution >= 0.6 is 0 Å². The zero-order chi connectivity index (χ0) is 8.70. The molecule has 5 heteroatoms. The number of aliphatic hydroxyl groups is 1. The summed E-state index contributed by atoms with van der Waals surface area (Å²) in [5.41, 5.74) is -2.63. The van der Waals surface area contributed by atoms with E-state index >= 15 is 0 Å². The molecule has 0 radical (unpaired) electrons. The number of alkyl halides is 3. The lowest BCUT2D eigenvalue weighted by atomic mass is 9.96. The van der Waals surface area contributed by atoms with E-state index < -0.39 is 17.9 Å². The summed E-state index contributed by atoms with van der Waals surface area (Å²) in [6, 6.07) is 0. The van der Waals surface area contributed by atoms with Crippen molar-refractivity contribution in [3.05, 3.63) is 0 Å². The van der Waals surface area contributed by atoms with E-state index in [9.17, 15) is 13.2 Å². The van der Waals surface area contributed by atoms with Crippen LogP contribution in [0.4, 0.5) is 13.2 Å². The van der Waals surface area contributed by atoms with Gasteiger partial charge in [0.15, 0.2) is 5.60 Å². The fourth-order valence-electron chi connectivity index (χ4n) is 1.10. The molecule has 0 spiro atoms. The maximum Gasteiger partial charge on any atom is 0.419 e. The topological polar surface area (TPSA) is 29.5 Å². The molecule has 0 aromatic carbocycles. The van der Waals surface area contributed by atoms with Gasteiger partial charge in [-0.05, 0) is 6.92 Å². The SMILES string of the molecule is CC1OCCC1(O)C(F)(F)F. The van der Waals surface area contributed by atoms with E-state index in [0.29, 0.717) is 0 Å². The number of hydrogen-bond donors (Lipinski definition) is 1. The third-order valence-corrected chi connectivity index (χ3v) is 2.01. The highest BCUT2D eigenvalue weighted by Crippen LogP contribution is 2.40. The molecule has 0 aromatic rings. The molecule has 0 saturated carbocycles. The average molecular weight is 170 g/mol. The lowest BCUT2D eigenvalue weighted by Crippen LogP contribution is -2.50. The first-order chi connectivity index (χ1) is 4.88. The van der Waals surface area contributed by atoms with E-state index in [-0.39, 0.29) is 13.0 Å². The van der Waals surface area contributed by atoms with Crippen LogP contribution in [0.2, 0.25) is 0 Å². The minimum absolute atomic E-state index is 0.0306. The molecule has 1 saturated heterocycles. The maximum absolute atomic E-state index is 12.1. The Hall–Kier alpha value is -0.290. The van der Waals surface area contributed by atoms with Gasteiger partial charge in [0.2, 0.25) is 0 Å². The van der Waals surface area contributed by atoms with E-state index in [1.54, 1.807) is 0 Å². The van der Waals surface area contributed by atoms with E-state index in [2.05, 4.69) is 4.74 Å². The second-order valence-corrected chi connectivity index (χ2v) is 2.69. The Morgan fingerprint density at radius 3 is 2.27 bits per heavy atom. The van der Waals surface area contributed by atoms with Gasteiger partial charge in [-0.25, -0.2) is 0 Å². The molecule has 0 amide bonds. The van der Waals surface area contributed by atoms with Gasteiger partial charge >= 0.3 is 6.18 Å². The second-order valence-electron chi connectivity index (χ2n) is 2.69. The molecule has 0 bridgehead atoms. The van der Waals surface area contributed by atoms with Gasteiger partial charge in [-0.1, -0.05) is 0 Å². The van der Waals surface area contributed by atoms with Gasteiger partial charge in [0.05, 0.1) is 12.7 Å². The van der Waals surface area contributed by atoms with Gasteiger partial charge < -0.3 is 9.84 Å². The minimum Gasteiger partial charge on any atom is -0.378 e. The predicted molar refractivity (Wildman–Crippen MR) is 31.0 cm³/mol. The summed E-state index contributed by atoms with van der Waals surface area (Å²) in [4.78, 5) is 0. The Morgan fingerprint density at radius 1 is 1.55 bits per heavy atom. The lowest BCUT2D eigenvalue weighted by Gasteiger charge is -2.28. The summed E-state index contributed by atoms with van der Waals surface area (Å²) < 4.78 is 40.8. The van der Waals surface area contributed by atoms with Crippen LogP contribution in [0.1, 0.15) is 13.3 Å². The fraction of sp³-hybridized carbons (Fsp3) is 1.00. The highest BCUT2D eigenvalue weighted by atomic mass is 19.4. The van der Waals surface area contributed by atoms with Gasteiger partial charge in [0.25, 0.3) is 0 Å². The molecular weight excluding hydrogens is 161 g/mol. The molecule has 1 aliphatic rings. The van der Waals surface area contributed by atoms with Gasteiger partial charge in [0.1, 0.15) is 0 Å². The largest absolute Gasteiger partial charge is 0.419 e. The van der Waals surface area contributed by atoms with Crippen LogP contribution in [-0.2, 0) is 4.74 Å². The van der Waals surface area contributed by atoms with Crippen LogP contribution in [0.15, 0.2) is 0 Å². The van der Waals surface area contributed by atoms with E-state index in [0.717, 1.165) is 0 Å². The Bertz CT molecular complexity index is 156. The van der Waals surface area contributed by atoms with Crippen molar-refractivity contribution in [1.82, 2.24) is 0 Å². The standard InChI is InChI=1S/C6H9F3O2/c1-4-5(10,2-3-11-4)6(7,8)9/h4,10H,2-3H2,1H3. The van der Waals surface area contributed by atoms with Crippen molar-refractivity contribution < 1.29 is 23.0 Å². The number of halogens is 3. The zero-order valence-electron chi connectivity index (χ0n) is 5.98. The first-order valence-corrected chi connectivity index (χ1v) is 3.28. The highest BCUT2D eigenvalue weighted by Gasteiger charge is 2.59. The number of rotatable bonds is 0.